The maximum Gasteiger partial charge on any atom is 0.418 e. The highest BCUT2D eigenvalue weighted by Crippen LogP contribution is 2.49. The lowest BCUT2D eigenvalue weighted by atomic mass is 9.94. The van der Waals surface area contributed by atoms with Crippen molar-refractivity contribution in [2.45, 2.75) is 5.60 Å². The second-order valence-corrected chi connectivity index (χ2v) is 5.00. The van der Waals surface area contributed by atoms with E-state index in [2.05, 4.69) is 0 Å². The first kappa shape index (κ1) is 14.2. The number of anilines is 1. The number of hydrogen-bond acceptors (Lipinski definition) is 6. The van der Waals surface area contributed by atoms with Gasteiger partial charge in [-0.25, -0.2) is 9.69 Å². The molecule has 1 atom stereocenters. The standard InChI is InChI=1S/C14H14N2O6/c1-15-8-6-10(21-4)9(20-3)5-7(8)14(11(15)17)12(18)16(2)13(19)22-14/h5-6H,1-4H3. The molecular formula is C14H14N2O6. The molecule has 8 nitrogen and oxygen atoms in total. The van der Waals surface area contributed by atoms with Gasteiger partial charge in [-0.2, -0.15) is 0 Å². The summed E-state index contributed by atoms with van der Waals surface area (Å²) in [6, 6.07) is 3.06. The Morgan fingerprint density at radius 2 is 1.50 bits per heavy atom. The molecule has 0 N–H and O–H groups in total. The Labute approximate surface area is 126 Å². The van der Waals surface area contributed by atoms with E-state index in [0.29, 0.717) is 17.2 Å². The van der Waals surface area contributed by atoms with Crippen molar-refractivity contribution in [1.29, 1.82) is 0 Å². The van der Waals surface area contributed by atoms with Crippen molar-refractivity contribution in [3.8, 4) is 11.5 Å². The Kier molecular flexibility index (Phi) is 2.81. The minimum Gasteiger partial charge on any atom is -0.493 e. The quantitative estimate of drug-likeness (QED) is 0.739. The van der Waals surface area contributed by atoms with Crippen LogP contribution in [0.4, 0.5) is 10.5 Å². The third-order valence-electron chi connectivity index (χ3n) is 3.97. The number of fused-ring (bicyclic) bond motifs is 2. The summed E-state index contributed by atoms with van der Waals surface area (Å²) >= 11 is 0. The molecule has 116 valence electrons. The van der Waals surface area contributed by atoms with Gasteiger partial charge in [-0.3, -0.25) is 9.59 Å². The number of rotatable bonds is 2. The topological polar surface area (TPSA) is 85.4 Å². The first-order chi connectivity index (χ1) is 10.4. The van der Waals surface area contributed by atoms with Crippen molar-refractivity contribution in [2.24, 2.45) is 0 Å². The zero-order chi connectivity index (χ0) is 16.2. The Morgan fingerprint density at radius 3 is 2.00 bits per heavy atom. The summed E-state index contributed by atoms with van der Waals surface area (Å²) < 4.78 is 15.6. The Bertz CT molecular complexity index is 716. The first-order valence-corrected chi connectivity index (χ1v) is 6.44. The van der Waals surface area contributed by atoms with Crippen LogP contribution < -0.4 is 14.4 Å². The van der Waals surface area contributed by atoms with Crippen LogP contribution in [-0.2, 0) is 19.9 Å². The van der Waals surface area contributed by atoms with E-state index in [4.69, 9.17) is 14.2 Å². The second-order valence-electron chi connectivity index (χ2n) is 5.00. The van der Waals surface area contributed by atoms with Gasteiger partial charge >= 0.3 is 6.09 Å². The predicted octanol–water partition coefficient (Wildman–Crippen LogP) is 0.484. The molecule has 1 aromatic carbocycles. The Hall–Kier alpha value is -2.77. The number of amides is 3. The molecule has 0 radical (unpaired) electrons. The number of ether oxygens (including phenoxy) is 3. The van der Waals surface area contributed by atoms with Crippen LogP contribution in [0, 0.1) is 0 Å². The molecule has 2 aliphatic heterocycles. The van der Waals surface area contributed by atoms with Crippen molar-refractivity contribution in [3.05, 3.63) is 17.7 Å². The molecule has 1 aromatic rings. The van der Waals surface area contributed by atoms with E-state index in [9.17, 15) is 14.4 Å². The highest BCUT2D eigenvalue weighted by Gasteiger charge is 2.65. The lowest BCUT2D eigenvalue weighted by Crippen LogP contribution is -2.45. The van der Waals surface area contributed by atoms with Gasteiger partial charge in [0.25, 0.3) is 17.4 Å². The number of benzene rings is 1. The van der Waals surface area contributed by atoms with Crippen LogP contribution in [0.5, 0.6) is 11.5 Å². The number of imide groups is 1. The number of hydrogen-bond donors (Lipinski definition) is 0. The number of nitrogens with zero attached hydrogens (tertiary/aromatic N) is 2. The normalized spacial score (nSPS) is 23.2. The van der Waals surface area contributed by atoms with Crippen molar-refractivity contribution >= 4 is 23.6 Å². The van der Waals surface area contributed by atoms with Crippen LogP contribution in [0.2, 0.25) is 0 Å². The lowest BCUT2D eigenvalue weighted by molar-refractivity contribution is -0.147. The van der Waals surface area contributed by atoms with E-state index in [0.717, 1.165) is 4.90 Å². The van der Waals surface area contributed by atoms with Gasteiger partial charge in [0, 0.05) is 25.7 Å². The molecule has 22 heavy (non-hydrogen) atoms. The maximum atomic E-state index is 12.6. The minimum atomic E-state index is -1.98. The summed E-state index contributed by atoms with van der Waals surface area (Å²) in [7, 11) is 5.67. The molecule has 0 bridgehead atoms. The smallest absolute Gasteiger partial charge is 0.418 e. The zero-order valence-electron chi connectivity index (χ0n) is 12.5. The third-order valence-corrected chi connectivity index (χ3v) is 3.97. The fraction of sp³-hybridized carbons (Fsp3) is 0.357. The second kappa shape index (κ2) is 4.36. The lowest BCUT2D eigenvalue weighted by Gasteiger charge is -2.18. The van der Waals surface area contributed by atoms with Gasteiger partial charge in [-0.05, 0) is 6.07 Å². The summed E-state index contributed by atoms with van der Waals surface area (Å²) in [5, 5.41) is 0. The fourth-order valence-corrected chi connectivity index (χ4v) is 2.76. The number of methoxy groups -OCH3 is 2. The maximum absolute atomic E-state index is 12.6. The number of likely N-dealkylation sites (N-methyl/N-ethyl adjacent to an activating group) is 2. The van der Waals surface area contributed by atoms with Gasteiger partial charge in [0.05, 0.1) is 19.9 Å². The molecule has 3 amide bonds. The molecule has 3 rings (SSSR count). The van der Waals surface area contributed by atoms with E-state index in [1.54, 1.807) is 6.07 Å². The SMILES string of the molecule is COc1cc2c(cc1OC)C1(OC(=O)N(C)C1=O)C(=O)N2C. The van der Waals surface area contributed by atoms with E-state index in [1.165, 1.54) is 39.3 Å². The van der Waals surface area contributed by atoms with Crippen molar-refractivity contribution in [3.63, 3.8) is 0 Å². The average Bonchev–Trinajstić information content (AvgIpc) is 2.88. The molecule has 8 heteroatoms. The molecule has 2 heterocycles. The predicted molar refractivity (Wildman–Crippen MR) is 73.9 cm³/mol. The summed E-state index contributed by atoms with van der Waals surface area (Å²) in [5.74, 6) is -0.606. The van der Waals surface area contributed by atoms with Crippen molar-refractivity contribution in [1.82, 2.24) is 4.90 Å². The molecule has 2 aliphatic rings. The van der Waals surface area contributed by atoms with E-state index in [1.807, 2.05) is 0 Å². The molecule has 1 unspecified atom stereocenters. The van der Waals surface area contributed by atoms with E-state index in [-0.39, 0.29) is 5.56 Å². The van der Waals surface area contributed by atoms with Crippen LogP contribution in [-0.4, -0.2) is 51.1 Å². The van der Waals surface area contributed by atoms with Gasteiger partial charge in [-0.1, -0.05) is 0 Å². The summed E-state index contributed by atoms with van der Waals surface area (Å²) in [4.78, 5) is 38.9. The van der Waals surface area contributed by atoms with Gasteiger partial charge < -0.3 is 19.1 Å². The summed E-state index contributed by atoms with van der Waals surface area (Å²) in [6.45, 7) is 0. The molecule has 1 spiro atoms. The van der Waals surface area contributed by atoms with Crippen molar-refractivity contribution in [2.75, 3.05) is 33.2 Å². The van der Waals surface area contributed by atoms with Crippen LogP contribution in [0.1, 0.15) is 5.56 Å². The summed E-state index contributed by atoms with van der Waals surface area (Å²) in [6.07, 6.45) is -0.866. The highest BCUT2D eigenvalue weighted by atomic mass is 16.6. The average molecular weight is 306 g/mol. The Balaban J connectivity index is 2.28. The van der Waals surface area contributed by atoms with Crippen LogP contribution in [0.25, 0.3) is 0 Å². The first-order valence-electron chi connectivity index (χ1n) is 6.44. The van der Waals surface area contributed by atoms with Gasteiger partial charge in [0.1, 0.15) is 0 Å². The number of carbonyl (C=O) groups excluding carboxylic acids is 3. The minimum absolute atomic E-state index is 0.264. The van der Waals surface area contributed by atoms with Crippen LogP contribution in [0.3, 0.4) is 0 Å². The number of carbonyl (C=O) groups is 3. The van der Waals surface area contributed by atoms with Crippen LogP contribution in [0.15, 0.2) is 12.1 Å². The Morgan fingerprint density at radius 1 is 0.955 bits per heavy atom. The van der Waals surface area contributed by atoms with E-state index >= 15 is 0 Å². The molecule has 1 fully saturated rings. The molecule has 1 saturated heterocycles. The third kappa shape index (κ3) is 1.44. The fourth-order valence-electron chi connectivity index (χ4n) is 2.76. The van der Waals surface area contributed by atoms with E-state index < -0.39 is 23.5 Å². The van der Waals surface area contributed by atoms with Gasteiger partial charge in [0.15, 0.2) is 11.5 Å². The van der Waals surface area contributed by atoms with Crippen molar-refractivity contribution < 1.29 is 28.6 Å². The molecule has 0 saturated carbocycles. The molecular weight excluding hydrogens is 292 g/mol. The van der Waals surface area contributed by atoms with Gasteiger partial charge in [-0.15, -0.1) is 0 Å². The largest absolute Gasteiger partial charge is 0.493 e. The molecule has 0 aliphatic carbocycles. The molecule has 0 aromatic heterocycles. The van der Waals surface area contributed by atoms with Crippen LogP contribution >= 0.6 is 0 Å². The zero-order valence-corrected chi connectivity index (χ0v) is 12.5. The monoisotopic (exact) mass is 306 g/mol. The summed E-state index contributed by atoms with van der Waals surface area (Å²) in [5.41, 5.74) is -1.28. The van der Waals surface area contributed by atoms with Gasteiger partial charge in [0.2, 0.25) is 0 Å². The highest BCUT2D eigenvalue weighted by molar-refractivity contribution is 6.25.